The van der Waals surface area contributed by atoms with Gasteiger partial charge in [0.2, 0.25) is 5.91 Å². The van der Waals surface area contributed by atoms with Crippen molar-refractivity contribution >= 4 is 11.8 Å². The molecule has 1 aromatic carbocycles. The number of hydrogen-bond donors (Lipinski definition) is 2. The van der Waals surface area contributed by atoms with Gasteiger partial charge in [0, 0.05) is 30.6 Å². The Labute approximate surface area is 189 Å². The van der Waals surface area contributed by atoms with Crippen molar-refractivity contribution in [2.24, 2.45) is 0 Å². The molecule has 6 heteroatoms. The number of aromatic nitrogens is 1. The summed E-state index contributed by atoms with van der Waals surface area (Å²) in [6, 6.07) is 12.0. The van der Waals surface area contributed by atoms with E-state index in [-0.39, 0.29) is 29.9 Å². The number of fused-ring (bicyclic) bond motifs is 1. The fraction of sp³-hybridized carbons (Fsp3) is 0.423. The molecule has 2 N–H and O–H groups in total. The van der Waals surface area contributed by atoms with Gasteiger partial charge in [0.25, 0.3) is 5.91 Å². The monoisotopic (exact) mass is 430 g/mol. The van der Waals surface area contributed by atoms with E-state index in [1.54, 1.807) is 6.20 Å². The number of benzene rings is 1. The van der Waals surface area contributed by atoms with Gasteiger partial charge in [0.05, 0.1) is 24.2 Å². The SMILES string of the molecule is Cc1ccccc1[C@@H]1C2=C(CNC2=O)N[C@@H]2CCCC[C@H]2N1C(=O)CCc1cccnc1. The molecule has 32 heavy (non-hydrogen) atoms. The zero-order valence-electron chi connectivity index (χ0n) is 18.5. The molecule has 6 nitrogen and oxygen atoms in total. The maximum absolute atomic E-state index is 13.9. The van der Waals surface area contributed by atoms with Gasteiger partial charge >= 0.3 is 0 Å². The Kier molecular flexibility index (Phi) is 5.68. The average molecular weight is 431 g/mol. The minimum Gasteiger partial charge on any atom is -0.382 e. The van der Waals surface area contributed by atoms with Crippen molar-refractivity contribution in [1.29, 1.82) is 0 Å². The molecule has 1 fully saturated rings. The van der Waals surface area contributed by atoms with Gasteiger partial charge in [-0.2, -0.15) is 0 Å². The number of rotatable bonds is 4. The average Bonchev–Trinajstić information content (AvgIpc) is 3.09. The van der Waals surface area contributed by atoms with Gasteiger partial charge in [-0.05, 0) is 48.9 Å². The zero-order chi connectivity index (χ0) is 22.1. The second-order valence-corrected chi connectivity index (χ2v) is 9.10. The number of carbonyl (C=O) groups is 2. The Morgan fingerprint density at radius 1 is 1.16 bits per heavy atom. The molecule has 0 spiro atoms. The number of carbonyl (C=O) groups excluding carboxylic acids is 2. The molecule has 1 saturated carbocycles. The summed E-state index contributed by atoms with van der Waals surface area (Å²) in [6.07, 6.45) is 8.85. The molecule has 1 aliphatic carbocycles. The number of pyridine rings is 1. The van der Waals surface area contributed by atoms with Crippen molar-refractivity contribution in [3.05, 3.63) is 76.8 Å². The van der Waals surface area contributed by atoms with Crippen molar-refractivity contribution in [2.45, 2.75) is 63.6 Å². The smallest absolute Gasteiger partial charge is 0.251 e. The second kappa shape index (κ2) is 8.77. The summed E-state index contributed by atoms with van der Waals surface area (Å²) in [4.78, 5) is 33.2. The summed E-state index contributed by atoms with van der Waals surface area (Å²) in [5.41, 5.74) is 4.87. The summed E-state index contributed by atoms with van der Waals surface area (Å²) in [7, 11) is 0. The van der Waals surface area contributed by atoms with E-state index in [9.17, 15) is 9.59 Å². The lowest BCUT2D eigenvalue weighted by atomic mass is 9.86. The van der Waals surface area contributed by atoms with Crippen LogP contribution < -0.4 is 10.6 Å². The molecule has 3 atom stereocenters. The third kappa shape index (κ3) is 3.78. The third-order valence-corrected chi connectivity index (χ3v) is 7.11. The Morgan fingerprint density at radius 2 is 2.00 bits per heavy atom. The molecule has 3 heterocycles. The molecule has 2 amide bonds. The fourth-order valence-corrected chi connectivity index (χ4v) is 5.54. The standard InChI is InChI=1S/C26H30N4O2/c1-17-7-2-3-9-19(17)25-24-21(16-28-26(24)32)29-20-10-4-5-11-22(20)30(25)23(31)13-12-18-8-6-14-27-15-18/h2-3,6-9,14-15,20,22,25,29H,4-5,10-13,16H2,1H3,(H,28,32)/t20-,22-,25-/m1/s1. The zero-order valence-corrected chi connectivity index (χ0v) is 18.5. The van der Waals surface area contributed by atoms with Crippen molar-refractivity contribution in [1.82, 2.24) is 20.5 Å². The first-order chi connectivity index (χ1) is 15.6. The van der Waals surface area contributed by atoms with Crippen molar-refractivity contribution in [3.8, 4) is 0 Å². The molecule has 0 unspecified atom stereocenters. The van der Waals surface area contributed by atoms with Gasteiger partial charge in [-0.25, -0.2) is 0 Å². The molecular formula is C26H30N4O2. The minimum absolute atomic E-state index is 0.0653. The quantitative estimate of drug-likeness (QED) is 0.781. The van der Waals surface area contributed by atoms with Gasteiger partial charge in [-0.1, -0.05) is 43.2 Å². The lowest BCUT2D eigenvalue weighted by Crippen LogP contribution is -2.53. The molecule has 1 aromatic heterocycles. The van der Waals surface area contributed by atoms with Crippen LogP contribution in [0.2, 0.25) is 0 Å². The number of nitrogens with one attached hydrogen (secondary N) is 2. The van der Waals surface area contributed by atoms with Crippen LogP contribution in [-0.4, -0.2) is 40.3 Å². The van der Waals surface area contributed by atoms with Gasteiger partial charge in [0.15, 0.2) is 0 Å². The van der Waals surface area contributed by atoms with Crippen LogP contribution in [0.25, 0.3) is 0 Å². The number of amides is 2. The van der Waals surface area contributed by atoms with Crippen LogP contribution in [0.4, 0.5) is 0 Å². The molecule has 2 aromatic rings. The molecular weight excluding hydrogens is 400 g/mol. The highest BCUT2D eigenvalue weighted by atomic mass is 16.2. The van der Waals surface area contributed by atoms with E-state index >= 15 is 0 Å². The summed E-state index contributed by atoms with van der Waals surface area (Å²) in [5.74, 6) is 0.0405. The summed E-state index contributed by atoms with van der Waals surface area (Å²) in [6.45, 7) is 2.58. The summed E-state index contributed by atoms with van der Waals surface area (Å²) < 4.78 is 0. The first-order valence-electron chi connectivity index (χ1n) is 11.7. The number of aryl methyl sites for hydroxylation is 2. The van der Waals surface area contributed by atoms with E-state index in [1.807, 2.05) is 30.5 Å². The van der Waals surface area contributed by atoms with Crippen LogP contribution in [-0.2, 0) is 16.0 Å². The van der Waals surface area contributed by atoms with E-state index in [1.165, 1.54) is 0 Å². The summed E-state index contributed by atoms with van der Waals surface area (Å²) in [5, 5.41) is 6.68. The lowest BCUT2D eigenvalue weighted by Gasteiger charge is -2.43. The fourth-order valence-electron chi connectivity index (χ4n) is 5.54. The molecule has 0 saturated heterocycles. The van der Waals surface area contributed by atoms with Gasteiger partial charge in [-0.15, -0.1) is 0 Å². The van der Waals surface area contributed by atoms with E-state index in [0.717, 1.165) is 48.1 Å². The third-order valence-electron chi connectivity index (χ3n) is 7.11. The Morgan fingerprint density at radius 3 is 2.81 bits per heavy atom. The van der Waals surface area contributed by atoms with Crippen LogP contribution in [0.15, 0.2) is 60.1 Å². The van der Waals surface area contributed by atoms with Crippen LogP contribution in [0.5, 0.6) is 0 Å². The normalized spacial score (nSPS) is 24.8. The predicted molar refractivity (Wildman–Crippen MR) is 123 cm³/mol. The van der Waals surface area contributed by atoms with Gasteiger partial charge in [0.1, 0.15) is 0 Å². The van der Waals surface area contributed by atoms with Crippen LogP contribution in [0.1, 0.15) is 54.8 Å². The minimum atomic E-state index is -0.365. The Bertz CT molecular complexity index is 1050. The van der Waals surface area contributed by atoms with E-state index in [2.05, 4.69) is 39.6 Å². The largest absolute Gasteiger partial charge is 0.382 e. The number of hydrogen-bond acceptors (Lipinski definition) is 4. The molecule has 2 aliphatic heterocycles. The topological polar surface area (TPSA) is 74.3 Å². The maximum atomic E-state index is 13.9. The lowest BCUT2D eigenvalue weighted by molar-refractivity contribution is -0.137. The maximum Gasteiger partial charge on any atom is 0.251 e. The van der Waals surface area contributed by atoms with Crippen molar-refractivity contribution in [3.63, 3.8) is 0 Å². The van der Waals surface area contributed by atoms with Crippen LogP contribution in [0, 0.1) is 6.92 Å². The Hall–Kier alpha value is -3.15. The van der Waals surface area contributed by atoms with Gasteiger partial charge < -0.3 is 15.5 Å². The van der Waals surface area contributed by atoms with Gasteiger partial charge in [-0.3, -0.25) is 14.6 Å². The van der Waals surface area contributed by atoms with E-state index in [0.29, 0.717) is 25.0 Å². The first kappa shape index (κ1) is 20.7. The van der Waals surface area contributed by atoms with Crippen LogP contribution >= 0.6 is 0 Å². The highest BCUT2D eigenvalue weighted by Crippen LogP contribution is 2.41. The van der Waals surface area contributed by atoms with Crippen molar-refractivity contribution in [2.75, 3.05) is 6.54 Å². The number of nitrogens with zero attached hydrogens (tertiary/aromatic N) is 2. The van der Waals surface area contributed by atoms with Crippen LogP contribution in [0.3, 0.4) is 0 Å². The summed E-state index contributed by atoms with van der Waals surface area (Å²) >= 11 is 0. The first-order valence-corrected chi connectivity index (χ1v) is 11.7. The second-order valence-electron chi connectivity index (χ2n) is 9.10. The highest BCUT2D eigenvalue weighted by Gasteiger charge is 2.46. The van der Waals surface area contributed by atoms with E-state index < -0.39 is 0 Å². The predicted octanol–water partition coefficient (Wildman–Crippen LogP) is 3.19. The Balaban J connectivity index is 1.57. The molecule has 166 valence electrons. The van der Waals surface area contributed by atoms with E-state index in [4.69, 9.17) is 0 Å². The molecule has 3 aliphatic rings. The highest BCUT2D eigenvalue weighted by molar-refractivity contribution is 5.99. The molecule has 5 rings (SSSR count). The molecule has 0 radical (unpaired) electrons. The molecule has 0 bridgehead atoms. The van der Waals surface area contributed by atoms with Crippen molar-refractivity contribution < 1.29 is 9.59 Å².